The van der Waals surface area contributed by atoms with Crippen molar-refractivity contribution < 1.29 is 9.53 Å². The van der Waals surface area contributed by atoms with Crippen molar-refractivity contribution in [3.63, 3.8) is 0 Å². The van der Waals surface area contributed by atoms with Gasteiger partial charge in [-0.15, -0.1) is 0 Å². The number of nitrogens with zero attached hydrogens (tertiary/aromatic N) is 2. The molecule has 17 heavy (non-hydrogen) atoms. The summed E-state index contributed by atoms with van der Waals surface area (Å²) < 4.78 is 6.95. The number of hydrogen-bond donors (Lipinski definition) is 0. The normalized spacial score (nSPS) is 10.6. The lowest BCUT2D eigenvalue weighted by atomic mass is 10.2. The van der Waals surface area contributed by atoms with Crippen LogP contribution in [0.15, 0.2) is 0 Å². The number of hydrogen-bond acceptors (Lipinski definition) is 4. The number of unbranched alkanes of at least 4 members (excludes halogenated alkanes) is 1. The minimum Gasteiger partial charge on any atom is -0.461 e. The fourth-order valence-electron chi connectivity index (χ4n) is 1.69. The predicted octanol–water partition coefficient (Wildman–Crippen LogP) is 2.84. The predicted molar refractivity (Wildman–Crippen MR) is 70.4 cm³/mol. The molecule has 1 rings (SSSR count). The van der Waals surface area contributed by atoms with Gasteiger partial charge in [-0.2, -0.15) is 0 Å². The first-order valence-corrected chi connectivity index (χ1v) is 7.13. The molecule has 0 aliphatic heterocycles. The Labute approximate surface area is 107 Å². The van der Waals surface area contributed by atoms with Crippen molar-refractivity contribution in [2.75, 3.05) is 12.9 Å². The molecule has 0 radical (unpaired) electrons. The molecule has 1 heterocycles. The molecule has 0 saturated heterocycles. The molecule has 0 N–H and O–H groups in total. The number of carbonyl (C=O) groups excluding carboxylic acids is 1. The van der Waals surface area contributed by atoms with Gasteiger partial charge in [0.1, 0.15) is 5.82 Å². The molecule has 1 aromatic heterocycles. The summed E-state index contributed by atoms with van der Waals surface area (Å²) in [5.41, 5.74) is 1.33. The van der Waals surface area contributed by atoms with Gasteiger partial charge < -0.3 is 4.74 Å². The maximum atomic E-state index is 11.8. The number of carbonyl (C=O) groups is 1. The fraction of sp³-hybridized carbons (Fsp3) is 0.667. The van der Waals surface area contributed by atoms with Crippen LogP contribution in [0.25, 0.3) is 0 Å². The third kappa shape index (κ3) is 3.25. The Morgan fingerprint density at radius 1 is 1.47 bits per heavy atom. The van der Waals surface area contributed by atoms with Crippen molar-refractivity contribution in [3.8, 4) is 0 Å². The molecule has 0 amide bonds. The van der Waals surface area contributed by atoms with Crippen LogP contribution < -0.4 is 0 Å². The summed E-state index contributed by atoms with van der Waals surface area (Å²) in [5.74, 6) is 0.675. The van der Waals surface area contributed by atoms with Gasteiger partial charge in [0.05, 0.1) is 12.3 Å². The summed E-state index contributed by atoms with van der Waals surface area (Å²) in [6.07, 6.45) is 5.05. The molecule has 0 unspecified atom stereocenters. The SMILES string of the molecule is CCCCc1nc(C)c(C(=O)OCC)n1SC. The summed E-state index contributed by atoms with van der Waals surface area (Å²) in [5, 5.41) is 0. The molecule has 0 spiro atoms. The molecule has 0 fully saturated rings. The minimum absolute atomic E-state index is 0.283. The van der Waals surface area contributed by atoms with Crippen molar-refractivity contribution in [1.82, 2.24) is 8.96 Å². The maximum Gasteiger partial charge on any atom is 0.357 e. The summed E-state index contributed by atoms with van der Waals surface area (Å²) in [7, 11) is 0. The standard InChI is InChI=1S/C12H20N2O2S/c1-5-7-8-10-13-9(3)11(14(10)17-4)12(15)16-6-2/h5-8H2,1-4H3. The minimum atomic E-state index is -0.283. The van der Waals surface area contributed by atoms with E-state index in [1.54, 1.807) is 0 Å². The first-order valence-electron chi connectivity index (χ1n) is 5.95. The molecule has 0 saturated carbocycles. The van der Waals surface area contributed by atoms with Crippen LogP contribution in [0.2, 0.25) is 0 Å². The number of ether oxygens (including phenoxy) is 1. The Morgan fingerprint density at radius 2 is 2.18 bits per heavy atom. The lowest BCUT2D eigenvalue weighted by Crippen LogP contribution is -2.11. The zero-order chi connectivity index (χ0) is 12.8. The first-order chi connectivity index (χ1) is 8.15. The molecule has 0 atom stereocenters. The van der Waals surface area contributed by atoms with Gasteiger partial charge in [0.2, 0.25) is 0 Å². The van der Waals surface area contributed by atoms with Crippen molar-refractivity contribution >= 4 is 17.9 Å². The zero-order valence-electron chi connectivity index (χ0n) is 10.9. The largest absolute Gasteiger partial charge is 0.461 e. The van der Waals surface area contributed by atoms with E-state index in [2.05, 4.69) is 11.9 Å². The van der Waals surface area contributed by atoms with Gasteiger partial charge in [-0.3, -0.25) is 3.97 Å². The quantitative estimate of drug-likeness (QED) is 0.734. The van der Waals surface area contributed by atoms with Crippen molar-refractivity contribution in [2.24, 2.45) is 0 Å². The van der Waals surface area contributed by atoms with E-state index < -0.39 is 0 Å². The van der Waals surface area contributed by atoms with Crippen molar-refractivity contribution in [2.45, 2.75) is 40.0 Å². The van der Waals surface area contributed by atoms with E-state index in [9.17, 15) is 4.79 Å². The van der Waals surface area contributed by atoms with Crippen LogP contribution in [-0.4, -0.2) is 27.8 Å². The highest BCUT2D eigenvalue weighted by Crippen LogP contribution is 2.19. The summed E-state index contributed by atoms with van der Waals surface area (Å²) in [6, 6.07) is 0. The highest BCUT2D eigenvalue weighted by atomic mass is 32.2. The third-order valence-electron chi connectivity index (χ3n) is 2.48. The Balaban J connectivity index is 3.03. The van der Waals surface area contributed by atoms with Crippen molar-refractivity contribution in [1.29, 1.82) is 0 Å². The van der Waals surface area contributed by atoms with Crippen LogP contribution in [0.3, 0.4) is 0 Å². The van der Waals surface area contributed by atoms with Crippen LogP contribution in [0, 0.1) is 6.92 Å². The van der Waals surface area contributed by atoms with Gasteiger partial charge in [-0.1, -0.05) is 13.3 Å². The average Bonchev–Trinajstić information content (AvgIpc) is 2.62. The van der Waals surface area contributed by atoms with E-state index in [1.165, 1.54) is 11.9 Å². The number of esters is 1. The fourth-order valence-corrected chi connectivity index (χ4v) is 2.42. The van der Waals surface area contributed by atoms with E-state index in [4.69, 9.17) is 4.74 Å². The van der Waals surface area contributed by atoms with Crippen molar-refractivity contribution in [3.05, 3.63) is 17.2 Å². The molecule has 4 nitrogen and oxygen atoms in total. The lowest BCUT2D eigenvalue weighted by Gasteiger charge is -2.07. The average molecular weight is 256 g/mol. The van der Waals surface area contributed by atoms with E-state index in [-0.39, 0.29) is 5.97 Å². The van der Waals surface area contributed by atoms with Gasteiger partial charge in [0.25, 0.3) is 0 Å². The van der Waals surface area contributed by atoms with E-state index >= 15 is 0 Å². The Kier molecular flexibility index (Phi) is 5.55. The first kappa shape index (κ1) is 14.1. The van der Waals surface area contributed by atoms with E-state index in [0.717, 1.165) is 30.8 Å². The van der Waals surface area contributed by atoms with Gasteiger partial charge >= 0.3 is 5.97 Å². The second kappa shape index (κ2) is 6.69. The molecule has 0 aliphatic rings. The molecule has 1 aromatic rings. The Hall–Kier alpha value is -0.970. The Morgan fingerprint density at radius 3 is 2.71 bits per heavy atom. The second-order valence-electron chi connectivity index (χ2n) is 3.76. The van der Waals surface area contributed by atoms with Crippen LogP contribution >= 0.6 is 11.9 Å². The van der Waals surface area contributed by atoms with Crippen LogP contribution in [-0.2, 0) is 11.2 Å². The van der Waals surface area contributed by atoms with E-state index in [1.807, 2.05) is 24.1 Å². The maximum absolute atomic E-state index is 11.8. The van der Waals surface area contributed by atoms with Gasteiger partial charge in [-0.25, -0.2) is 9.78 Å². The van der Waals surface area contributed by atoms with Gasteiger partial charge in [0, 0.05) is 12.7 Å². The summed E-state index contributed by atoms with van der Waals surface area (Å²) >= 11 is 1.50. The van der Waals surface area contributed by atoms with Crippen LogP contribution in [0.5, 0.6) is 0 Å². The molecule has 0 bridgehead atoms. The highest BCUT2D eigenvalue weighted by molar-refractivity contribution is 7.97. The van der Waals surface area contributed by atoms with Gasteiger partial charge in [0.15, 0.2) is 5.69 Å². The smallest absolute Gasteiger partial charge is 0.357 e. The zero-order valence-corrected chi connectivity index (χ0v) is 11.8. The second-order valence-corrected chi connectivity index (χ2v) is 4.49. The molecule has 0 aromatic carbocycles. The Bertz CT molecular complexity index is 388. The summed E-state index contributed by atoms with van der Waals surface area (Å²) in [6.45, 7) is 6.20. The molecular weight excluding hydrogens is 236 g/mol. The van der Waals surface area contributed by atoms with Crippen LogP contribution in [0.1, 0.15) is 48.7 Å². The van der Waals surface area contributed by atoms with Gasteiger partial charge in [-0.05, 0) is 32.2 Å². The molecular formula is C12H20N2O2S. The summed E-state index contributed by atoms with van der Waals surface area (Å²) in [4.78, 5) is 16.3. The van der Waals surface area contributed by atoms with E-state index in [0.29, 0.717) is 12.3 Å². The number of aryl methyl sites for hydroxylation is 2. The third-order valence-corrected chi connectivity index (χ3v) is 3.24. The van der Waals surface area contributed by atoms with Crippen LogP contribution in [0.4, 0.5) is 0 Å². The molecule has 96 valence electrons. The number of rotatable bonds is 6. The monoisotopic (exact) mass is 256 g/mol. The topological polar surface area (TPSA) is 44.1 Å². The molecule has 0 aliphatic carbocycles. The number of aromatic nitrogens is 2. The highest BCUT2D eigenvalue weighted by Gasteiger charge is 2.21. The lowest BCUT2D eigenvalue weighted by molar-refractivity contribution is 0.0517. The number of imidazole rings is 1. The molecule has 5 heteroatoms.